The predicted octanol–water partition coefficient (Wildman–Crippen LogP) is 4.78. The van der Waals surface area contributed by atoms with Crippen LogP contribution in [-0.2, 0) is 25.7 Å². The maximum Gasteiger partial charge on any atom is 0.416 e. The van der Waals surface area contributed by atoms with E-state index in [0.29, 0.717) is 35.6 Å². The molecule has 1 N–H and O–H groups in total. The van der Waals surface area contributed by atoms with Crippen LogP contribution in [-0.4, -0.2) is 21.4 Å². The summed E-state index contributed by atoms with van der Waals surface area (Å²) in [5.41, 5.74) is 1.95. The standard InChI is InChI=1S/C21H17BrF3N3O/c22-16-7-1-13(2-8-16)11-28-10-9-18-17(12-28)20(29)27-19(26-18)14-3-5-15(6-4-14)21(23,24)25/h1-8H,9-12H2,(H,26,27,29). The number of fused-ring (bicyclic) bond motifs is 1. The molecule has 1 aromatic heterocycles. The molecular weight excluding hydrogens is 447 g/mol. The molecule has 0 unspecified atom stereocenters. The van der Waals surface area contributed by atoms with Crippen LogP contribution in [0.4, 0.5) is 13.2 Å². The van der Waals surface area contributed by atoms with Gasteiger partial charge in [-0.1, -0.05) is 40.2 Å². The highest BCUT2D eigenvalue weighted by Gasteiger charge is 2.30. The minimum atomic E-state index is -4.40. The predicted molar refractivity (Wildman–Crippen MR) is 107 cm³/mol. The number of rotatable bonds is 3. The van der Waals surface area contributed by atoms with E-state index in [-0.39, 0.29) is 5.56 Å². The number of aromatic nitrogens is 2. The number of hydrogen-bond acceptors (Lipinski definition) is 3. The van der Waals surface area contributed by atoms with Crippen LogP contribution < -0.4 is 5.56 Å². The van der Waals surface area contributed by atoms with Crippen molar-refractivity contribution in [3.63, 3.8) is 0 Å². The van der Waals surface area contributed by atoms with E-state index in [9.17, 15) is 18.0 Å². The summed E-state index contributed by atoms with van der Waals surface area (Å²) in [5.74, 6) is 0.295. The summed E-state index contributed by atoms with van der Waals surface area (Å²) in [6.45, 7) is 1.97. The van der Waals surface area contributed by atoms with Gasteiger partial charge in [0.2, 0.25) is 0 Å². The summed E-state index contributed by atoms with van der Waals surface area (Å²) in [7, 11) is 0. The molecule has 150 valence electrons. The lowest BCUT2D eigenvalue weighted by Crippen LogP contribution is -2.35. The van der Waals surface area contributed by atoms with E-state index in [0.717, 1.165) is 35.3 Å². The van der Waals surface area contributed by atoms with Crippen molar-refractivity contribution in [2.45, 2.75) is 25.7 Å². The molecule has 4 rings (SSSR count). The van der Waals surface area contributed by atoms with Crippen molar-refractivity contribution in [3.8, 4) is 11.4 Å². The Bertz CT molecular complexity index is 1080. The van der Waals surface area contributed by atoms with Crippen LogP contribution in [0.1, 0.15) is 22.4 Å². The Morgan fingerprint density at radius 3 is 2.41 bits per heavy atom. The summed E-state index contributed by atoms with van der Waals surface area (Å²) >= 11 is 3.42. The fourth-order valence-electron chi connectivity index (χ4n) is 3.42. The fraction of sp³-hybridized carbons (Fsp3) is 0.238. The number of H-pyrrole nitrogens is 1. The molecule has 3 aromatic rings. The van der Waals surface area contributed by atoms with Gasteiger partial charge in [0.1, 0.15) is 5.82 Å². The van der Waals surface area contributed by atoms with Crippen LogP contribution in [0.15, 0.2) is 57.8 Å². The van der Waals surface area contributed by atoms with E-state index in [1.54, 1.807) is 0 Å². The number of nitrogens with one attached hydrogen (secondary N) is 1. The second-order valence-corrected chi connectivity index (χ2v) is 7.92. The lowest BCUT2D eigenvalue weighted by molar-refractivity contribution is -0.137. The SMILES string of the molecule is O=c1[nH]c(-c2ccc(C(F)(F)F)cc2)nc2c1CN(Cc1ccc(Br)cc1)CC2. The van der Waals surface area contributed by atoms with Crippen LogP contribution in [0.3, 0.4) is 0 Å². The van der Waals surface area contributed by atoms with Crippen molar-refractivity contribution in [2.75, 3.05) is 6.54 Å². The molecule has 4 nitrogen and oxygen atoms in total. The Morgan fingerprint density at radius 2 is 1.76 bits per heavy atom. The fourth-order valence-corrected chi connectivity index (χ4v) is 3.68. The van der Waals surface area contributed by atoms with Crippen LogP contribution in [0.25, 0.3) is 11.4 Å². The topological polar surface area (TPSA) is 49.0 Å². The second kappa shape index (κ2) is 7.76. The third kappa shape index (κ3) is 4.43. The van der Waals surface area contributed by atoms with Crippen LogP contribution in [0, 0.1) is 0 Å². The van der Waals surface area contributed by atoms with Crippen molar-refractivity contribution in [1.29, 1.82) is 0 Å². The maximum atomic E-state index is 12.7. The van der Waals surface area contributed by atoms with Gasteiger partial charge in [0.05, 0.1) is 16.8 Å². The zero-order chi connectivity index (χ0) is 20.6. The van der Waals surface area contributed by atoms with Crippen molar-refractivity contribution < 1.29 is 13.2 Å². The Hall–Kier alpha value is -2.45. The molecule has 2 aromatic carbocycles. The minimum absolute atomic E-state index is 0.245. The number of benzene rings is 2. The van der Waals surface area contributed by atoms with E-state index < -0.39 is 11.7 Å². The lowest BCUT2D eigenvalue weighted by atomic mass is 10.0. The molecule has 0 fully saturated rings. The van der Waals surface area contributed by atoms with Gasteiger partial charge < -0.3 is 4.98 Å². The van der Waals surface area contributed by atoms with Gasteiger partial charge in [-0.25, -0.2) is 4.98 Å². The lowest BCUT2D eigenvalue weighted by Gasteiger charge is -2.27. The zero-order valence-electron chi connectivity index (χ0n) is 15.3. The van der Waals surface area contributed by atoms with Gasteiger partial charge in [-0.15, -0.1) is 0 Å². The first-order valence-electron chi connectivity index (χ1n) is 9.06. The summed E-state index contributed by atoms with van der Waals surface area (Å²) in [6.07, 6.45) is -3.78. The van der Waals surface area contributed by atoms with E-state index in [1.165, 1.54) is 12.1 Å². The van der Waals surface area contributed by atoms with Gasteiger partial charge in [0.25, 0.3) is 5.56 Å². The van der Waals surface area contributed by atoms with Crippen LogP contribution >= 0.6 is 15.9 Å². The number of hydrogen-bond donors (Lipinski definition) is 1. The number of alkyl halides is 3. The van der Waals surface area contributed by atoms with Crippen molar-refractivity contribution in [1.82, 2.24) is 14.9 Å². The minimum Gasteiger partial charge on any atom is -0.306 e. The second-order valence-electron chi connectivity index (χ2n) is 7.00. The molecule has 0 radical (unpaired) electrons. The highest BCUT2D eigenvalue weighted by Crippen LogP contribution is 2.30. The van der Waals surface area contributed by atoms with E-state index in [4.69, 9.17) is 0 Å². The molecule has 29 heavy (non-hydrogen) atoms. The monoisotopic (exact) mass is 463 g/mol. The smallest absolute Gasteiger partial charge is 0.306 e. The molecule has 8 heteroatoms. The quantitative estimate of drug-likeness (QED) is 0.608. The largest absolute Gasteiger partial charge is 0.416 e. The number of nitrogens with zero attached hydrogens (tertiary/aromatic N) is 2. The van der Waals surface area contributed by atoms with Gasteiger partial charge in [-0.05, 0) is 29.8 Å². The summed E-state index contributed by atoms with van der Waals surface area (Å²) in [6, 6.07) is 12.7. The summed E-state index contributed by atoms with van der Waals surface area (Å²) in [4.78, 5) is 22.0. The third-order valence-corrected chi connectivity index (χ3v) is 5.48. The van der Waals surface area contributed by atoms with E-state index in [1.807, 2.05) is 24.3 Å². The Morgan fingerprint density at radius 1 is 1.07 bits per heavy atom. The van der Waals surface area contributed by atoms with E-state index in [2.05, 4.69) is 30.8 Å². The first-order chi connectivity index (χ1) is 13.8. The Kier molecular flexibility index (Phi) is 5.31. The van der Waals surface area contributed by atoms with Gasteiger partial charge in [-0.3, -0.25) is 9.69 Å². The zero-order valence-corrected chi connectivity index (χ0v) is 16.8. The first-order valence-corrected chi connectivity index (χ1v) is 9.85. The molecule has 0 spiro atoms. The average Bonchev–Trinajstić information content (AvgIpc) is 2.69. The molecule has 0 saturated heterocycles. The molecule has 0 atom stereocenters. The van der Waals surface area contributed by atoms with Crippen molar-refractivity contribution in [3.05, 3.63) is 85.7 Å². The van der Waals surface area contributed by atoms with Crippen molar-refractivity contribution in [2.24, 2.45) is 0 Å². The van der Waals surface area contributed by atoms with E-state index >= 15 is 0 Å². The van der Waals surface area contributed by atoms with Crippen molar-refractivity contribution >= 4 is 15.9 Å². The Labute approximate surface area is 173 Å². The molecule has 2 heterocycles. The molecule has 0 amide bonds. The Balaban J connectivity index is 1.55. The normalized spacial score (nSPS) is 14.6. The van der Waals surface area contributed by atoms with Gasteiger partial charge in [-0.2, -0.15) is 13.2 Å². The maximum absolute atomic E-state index is 12.7. The highest BCUT2D eigenvalue weighted by molar-refractivity contribution is 9.10. The molecule has 0 bridgehead atoms. The highest BCUT2D eigenvalue weighted by atomic mass is 79.9. The van der Waals surface area contributed by atoms with Gasteiger partial charge in [0, 0.05) is 36.1 Å². The molecule has 1 aliphatic rings. The van der Waals surface area contributed by atoms with Gasteiger partial charge in [0.15, 0.2) is 0 Å². The molecule has 1 aliphatic heterocycles. The number of aromatic amines is 1. The van der Waals surface area contributed by atoms with Crippen LogP contribution in [0.5, 0.6) is 0 Å². The average molecular weight is 464 g/mol. The molecular formula is C21H17BrF3N3O. The first kappa shape index (κ1) is 19.8. The van der Waals surface area contributed by atoms with Gasteiger partial charge >= 0.3 is 6.18 Å². The number of halogens is 4. The summed E-state index contributed by atoms with van der Waals surface area (Å²) < 4.78 is 39.2. The summed E-state index contributed by atoms with van der Waals surface area (Å²) in [5, 5.41) is 0. The van der Waals surface area contributed by atoms with Crippen LogP contribution in [0.2, 0.25) is 0 Å². The molecule has 0 saturated carbocycles. The molecule has 0 aliphatic carbocycles. The third-order valence-electron chi connectivity index (χ3n) is 4.95.